The molecule has 4 rings (SSSR count). The molecular formula is C27H29N5O3. The van der Waals surface area contributed by atoms with Crippen LogP contribution in [0.3, 0.4) is 0 Å². The number of aryl methyl sites for hydroxylation is 4. The Bertz CT molecular complexity index is 1500. The van der Waals surface area contributed by atoms with Crippen LogP contribution in [0.2, 0.25) is 0 Å². The van der Waals surface area contributed by atoms with Gasteiger partial charge in [-0.1, -0.05) is 42.0 Å². The van der Waals surface area contributed by atoms with Crippen LogP contribution in [-0.2, 0) is 17.9 Å². The van der Waals surface area contributed by atoms with Crippen LogP contribution in [0.1, 0.15) is 43.9 Å². The number of hydrogen-bond acceptors (Lipinski definition) is 4. The summed E-state index contributed by atoms with van der Waals surface area (Å²) in [6, 6.07) is 13.6. The van der Waals surface area contributed by atoms with Crippen molar-refractivity contribution >= 4 is 23.0 Å². The summed E-state index contributed by atoms with van der Waals surface area (Å²) in [7, 11) is 0. The molecule has 4 aromatic rings. The predicted molar refractivity (Wildman–Crippen MR) is 136 cm³/mol. The fourth-order valence-corrected chi connectivity index (χ4v) is 4.19. The van der Waals surface area contributed by atoms with Gasteiger partial charge >= 0.3 is 0 Å². The first-order valence-corrected chi connectivity index (χ1v) is 11.4. The van der Waals surface area contributed by atoms with Crippen LogP contribution in [0.25, 0.3) is 5.52 Å². The van der Waals surface area contributed by atoms with Gasteiger partial charge in [0.15, 0.2) is 0 Å². The van der Waals surface area contributed by atoms with Crippen molar-refractivity contribution in [3.63, 3.8) is 0 Å². The standard InChI is InChI=1S/C27H29N5O3/c1-16-9-11-21(12-10-16)13-28-26(34)24-19(4)25-27(35)32(29-15-31(25)20(24)5)14-23(33)30-22-8-6-7-17(2)18(22)3/h6-12,15H,13-14H2,1-5H3,(H,28,34)(H,30,33). The molecule has 2 amide bonds. The number of carbonyl (C=O) groups is 2. The Morgan fingerprint density at radius 1 is 0.943 bits per heavy atom. The van der Waals surface area contributed by atoms with Gasteiger partial charge in [-0.15, -0.1) is 0 Å². The van der Waals surface area contributed by atoms with E-state index in [1.54, 1.807) is 18.2 Å². The van der Waals surface area contributed by atoms with E-state index in [0.717, 1.165) is 26.9 Å². The Balaban J connectivity index is 1.57. The lowest BCUT2D eigenvalue weighted by Gasteiger charge is -2.11. The maximum atomic E-state index is 13.2. The molecule has 0 aliphatic rings. The molecule has 2 heterocycles. The van der Waals surface area contributed by atoms with Gasteiger partial charge in [-0.2, -0.15) is 5.10 Å². The summed E-state index contributed by atoms with van der Waals surface area (Å²) in [6.45, 7) is 9.57. The number of fused-ring (bicyclic) bond motifs is 1. The highest BCUT2D eigenvalue weighted by atomic mass is 16.2. The summed E-state index contributed by atoms with van der Waals surface area (Å²) >= 11 is 0. The Labute approximate surface area is 203 Å². The van der Waals surface area contributed by atoms with Crippen LogP contribution in [0.15, 0.2) is 53.6 Å². The zero-order valence-electron chi connectivity index (χ0n) is 20.6. The van der Waals surface area contributed by atoms with Crippen molar-refractivity contribution in [3.05, 3.63) is 98.2 Å². The van der Waals surface area contributed by atoms with Gasteiger partial charge in [0.25, 0.3) is 11.5 Å². The summed E-state index contributed by atoms with van der Waals surface area (Å²) in [5.41, 5.74) is 6.39. The van der Waals surface area contributed by atoms with Gasteiger partial charge in [-0.05, 0) is 62.9 Å². The SMILES string of the molecule is Cc1ccc(CNC(=O)c2c(C)c3c(=O)n(CC(=O)Nc4cccc(C)c4C)ncn3c2C)cc1. The van der Waals surface area contributed by atoms with E-state index in [9.17, 15) is 14.4 Å². The maximum absolute atomic E-state index is 13.2. The third kappa shape index (κ3) is 4.73. The molecule has 0 aliphatic heterocycles. The van der Waals surface area contributed by atoms with Crippen molar-refractivity contribution in [1.29, 1.82) is 0 Å². The van der Waals surface area contributed by atoms with Crippen molar-refractivity contribution < 1.29 is 9.59 Å². The molecule has 8 nitrogen and oxygen atoms in total. The topological polar surface area (TPSA) is 97.5 Å². The van der Waals surface area contributed by atoms with Gasteiger partial charge in [0.2, 0.25) is 5.91 Å². The van der Waals surface area contributed by atoms with Gasteiger partial charge in [0.1, 0.15) is 18.4 Å². The number of carbonyl (C=O) groups excluding carboxylic acids is 2. The normalized spacial score (nSPS) is 11.0. The van der Waals surface area contributed by atoms with Crippen molar-refractivity contribution in [1.82, 2.24) is 19.5 Å². The number of aromatic nitrogens is 3. The number of nitrogens with one attached hydrogen (secondary N) is 2. The van der Waals surface area contributed by atoms with Gasteiger partial charge < -0.3 is 10.6 Å². The fraction of sp³-hybridized carbons (Fsp3) is 0.259. The minimum Gasteiger partial charge on any atom is -0.348 e. The molecule has 0 saturated heterocycles. The lowest BCUT2D eigenvalue weighted by Crippen LogP contribution is -2.31. The summed E-state index contributed by atoms with van der Waals surface area (Å²) in [4.78, 5) is 38.9. The molecule has 0 aliphatic carbocycles. The number of amides is 2. The van der Waals surface area contributed by atoms with Crippen molar-refractivity contribution in [2.24, 2.45) is 0 Å². The fourth-order valence-electron chi connectivity index (χ4n) is 4.19. The van der Waals surface area contributed by atoms with E-state index in [4.69, 9.17) is 0 Å². The second kappa shape index (κ2) is 9.58. The minimum absolute atomic E-state index is 0.235. The maximum Gasteiger partial charge on any atom is 0.291 e. The predicted octanol–water partition coefficient (Wildman–Crippen LogP) is 3.61. The highest BCUT2D eigenvalue weighted by Gasteiger charge is 2.22. The van der Waals surface area contributed by atoms with E-state index in [1.165, 1.54) is 6.33 Å². The van der Waals surface area contributed by atoms with E-state index < -0.39 is 5.56 Å². The first kappa shape index (κ1) is 23.9. The number of rotatable bonds is 6. The van der Waals surface area contributed by atoms with Crippen molar-refractivity contribution in [2.45, 2.75) is 47.7 Å². The third-order valence-corrected chi connectivity index (χ3v) is 6.41. The first-order chi connectivity index (χ1) is 16.7. The van der Waals surface area contributed by atoms with Crippen molar-refractivity contribution in [3.8, 4) is 0 Å². The van der Waals surface area contributed by atoms with Crippen LogP contribution in [0, 0.1) is 34.6 Å². The molecular weight excluding hydrogens is 442 g/mol. The highest BCUT2D eigenvalue weighted by molar-refractivity contribution is 5.99. The zero-order chi connectivity index (χ0) is 25.3. The van der Waals surface area contributed by atoms with Crippen LogP contribution >= 0.6 is 0 Å². The molecule has 2 N–H and O–H groups in total. The van der Waals surface area contributed by atoms with Gasteiger partial charge in [0.05, 0.1) is 5.56 Å². The molecule has 0 radical (unpaired) electrons. The highest BCUT2D eigenvalue weighted by Crippen LogP contribution is 2.20. The van der Waals surface area contributed by atoms with E-state index in [0.29, 0.717) is 34.6 Å². The van der Waals surface area contributed by atoms with E-state index in [2.05, 4.69) is 15.7 Å². The van der Waals surface area contributed by atoms with Gasteiger partial charge in [-0.25, -0.2) is 4.68 Å². The van der Waals surface area contributed by atoms with E-state index in [1.807, 2.05) is 63.2 Å². The largest absolute Gasteiger partial charge is 0.348 e. The van der Waals surface area contributed by atoms with Gasteiger partial charge in [-0.3, -0.25) is 18.8 Å². The van der Waals surface area contributed by atoms with Crippen LogP contribution in [-0.4, -0.2) is 26.0 Å². The van der Waals surface area contributed by atoms with Crippen LogP contribution in [0.4, 0.5) is 5.69 Å². The Morgan fingerprint density at radius 2 is 1.66 bits per heavy atom. The summed E-state index contributed by atoms with van der Waals surface area (Å²) in [6.07, 6.45) is 1.47. The molecule has 0 bridgehead atoms. The zero-order valence-corrected chi connectivity index (χ0v) is 20.6. The minimum atomic E-state index is -0.429. The number of anilines is 1. The molecule has 0 fully saturated rings. The van der Waals surface area contributed by atoms with E-state index >= 15 is 0 Å². The Hall–Kier alpha value is -4.20. The third-order valence-electron chi connectivity index (χ3n) is 6.41. The van der Waals surface area contributed by atoms with Crippen LogP contribution < -0.4 is 16.2 Å². The molecule has 8 heteroatoms. The van der Waals surface area contributed by atoms with E-state index in [-0.39, 0.29) is 18.4 Å². The molecule has 2 aromatic heterocycles. The second-order valence-corrected chi connectivity index (χ2v) is 8.86. The van der Waals surface area contributed by atoms with Gasteiger partial charge in [0, 0.05) is 17.9 Å². The lowest BCUT2D eigenvalue weighted by molar-refractivity contribution is -0.117. The first-order valence-electron chi connectivity index (χ1n) is 11.4. The average Bonchev–Trinajstić information content (AvgIpc) is 3.08. The lowest BCUT2D eigenvalue weighted by atomic mass is 10.1. The quantitative estimate of drug-likeness (QED) is 0.449. The Kier molecular flexibility index (Phi) is 6.55. The number of nitrogens with zero attached hydrogens (tertiary/aromatic N) is 3. The summed E-state index contributed by atoms with van der Waals surface area (Å²) in [5.74, 6) is -0.613. The molecule has 180 valence electrons. The van der Waals surface area contributed by atoms with Crippen LogP contribution in [0.5, 0.6) is 0 Å². The molecule has 35 heavy (non-hydrogen) atoms. The number of benzene rings is 2. The molecule has 2 aromatic carbocycles. The summed E-state index contributed by atoms with van der Waals surface area (Å²) < 4.78 is 2.73. The molecule has 0 saturated carbocycles. The number of hydrogen-bond donors (Lipinski definition) is 2. The average molecular weight is 472 g/mol. The second-order valence-electron chi connectivity index (χ2n) is 8.86. The smallest absolute Gasteiger partial charge is 0.291 e. The molecule has 0 spiro atoms. The Morgan fingerprint density at radius 3 is 2.37 bits per heavy atom. The molecule has 0 unspecified atom stereocenters. The van der Waals surface area contributed by atoms with Crippen molar-refractivity contribution in [2.75, 3.05) is 5.32 Å². The summed E-state index contributed by atoms with van der Waals surface area (Å²) in [5, 5.41) is 9.96. The molecule has 0 atom stereocenters. The monoisotopic (exact) mass is 471 g/mol.